The second-order valence-electron chi connectivity index (χ2n) is 2.81. The molecule has 0 spiro atoms. The molecule has 0 fully saturated rings. The summed E-state index contributed by atoms with van der Waals surface area (Å²) in [6, 6.07) is 4.32. The van der Waals surface area contributed by atoms with Crippen molar-refractivity contribution in [1.29, 1.82) is 0 Å². The molecule has 0 atom stereocenters. The van der Waals surface area contributed by atoms with Crippen LogP contribution in [-0.2, 0) is 0 Å². The molecule has 1 aromatic carbocycles. The van der Waals surface area contributed by atoms with Crippen molar-refractivity contribution in [2.75, 3.05) is 5.73 Å². The fourth-order valence-corrected chi connectivity index (χ4v) is 1.03. The molecule has 68 valence electrons. The number of nitro groups is 1. The van der Waals surface area contributed by atoms with Crippen LogP contribution in [0.25, 0.3) is 5.57 Å². The van der Waals surface area contributed by atoms with E-state index in [-0.39, 0.29) is 5.69 Å². The summed E-state index contributed by atoms with van der Waals surface area (Å²) in [4.78, 5) is 9.97. The molecule has 0 aromatic heterocycles. The largest absolute Gasteiger partial charge is 0.398 e. The molecule has 0 aliphatic heterocycles. The number of nitrogens with zero attached hydrogens (tertiary/aromatic N) is 1. The van der Waals surface area contributed by atoms with Crippen molar-refractivity contribution in [3.63, 3.8) is 0 Å². The van der Waals surface area contributed by atoms with Gasteiger partial charge in [0.05, 0.1) is 4.92 Å². The zero-order valence-corrected chi connectivity index (χ0v) is 7.28. The Balaban J connectivity index is 3.27. The number of non-ortho nitro benzene ring substituents is 1. The molecule has 2 N–H and O–H groups in total. The van der Waals surface area contributed by atoms with E-state index in [0.29, 0.717) is 11.3 Å². The van der Waals surface area contributed by atoms with Crippen molar-refractivity contribution in [1.82, 2.24) is 0 Å². The van der Waals surface area contributed by atoms with E-state index in [2.05, 4.69) is 6.58 Å². The van der Waals surface area contributed by atoms with Gasteiger partial charge in [-0.2, -0.15) is 0 Å². The summed E-state index contributed by atoms with van der Waals surface area (Å²) in [5.74, 6) is 0. The summed E-state index contributed by atoms with van der Waals surface area (Å²) in [6.07, 6.45) is 0. The minimum Gasteiger partial charge on any atom is -0.398 e. The highest BCUT2D eigenvalue weighted by atomic mass is 16.6. The van der Waals surface area contributed by atoms with Gasteiger partial charge in [-0.3, -0.25) is 10.1 Å². The van der Waals surface area contributed by atoms with Crippen LogP contribution >= 0.6 is 0 Å². The van der Waals surface area contributed by atoms with Gasteiger partial charge >= 0.3 is 0 Å². The van der Waals surface area contributed by atoms with E-state index >= 15 is 0 Å². The number of nitro benzene ring substituents is 1. The summed E-state index contributed by atoms with van der Waals surface area (Å²) >= 11 is 0. The lowest BCUT2D eigenvalue weighted by atomic mass is 10.1. The predicted molar refractivity (Wildman–Crippen MR) is 52.2 cm³/mol. The molecule has 0 radical (unpaired) electrons. The van der Waals surface area contributed by atoms with E-state index in [1.165, 1.54) is 18.2 Å². The Kier molecular flexibility index (Phi) is 2.32. The van der Waals surface area contributed by atoms with Crippen LogP contribution in [-0.4, -0.2) is 4.92 Å². The number of anilines is 1. The van der Waals surface area contributed by atoms with Crippen LogP contribution in [0.2, 0.25) is 0 Å². The number of benzene rings is 1. The zero-order chi connectivity index (χ0) is 10.0. The summed E-state index contributed by atoms with van der Waals surface area (Å²) in [7, 11) is 0. The highest BCUT2D eigenvalue weighted by Gasteiger charge is 2.08. The van der Waals surface area contributed by atoms with Crippen molar-refractivity contribution >= 4 is 16.9 Å². The van der Waals surface area contributed by atoms with E-state index in [1.807, 2.05) is 0 Å². The van der Waals surface area contributed by atoms with Crippen LogP contribution in [0.4, 0.5) is 11.4 Å². The lowest BCUT2D eigenvalue weighted by molar-refractivity contribution is -0.384. The third-order valence-corrected chi connectivity index (χ3v) is 1.71. The molecule has 0 saturated carbocycles. The van der Waals surface area contributed by atoms with Crippen LogP contribution < -0.4 is 5.73 Å². The first kappa shape index (κ1) is 9.25. The number of hydrogen-bond donors (Lipinski definition) is 1. The summed E-state index contributed by atoms with van der Waals surface area (Å²) in [5, 5.41) is 10.4. The second kappa shape index (κ2) is 3.26. The van der Waals surface area contributed by atoms with Crippen molar-refractivity contribution in [2.24, 2.45) is 0 Å². The molecule has 0 aliphatic carbocycles. The van der Waals surface area contributed by atoms with Gasteiger partial charge in [0.15, 0.2) is 0 Å². The van der Waals surface area contributed by atoms with Gasteiger partial charge in [-0.05, 0) is 18.6 Å². The Morgan fingerprint density at radius 3 is 2.69 bits per heavy atom. The second-order valence-corrected chi connectivity index (χ2v) is 2.81. The molecule has 0 saturated heterocycles. The molecule has 0 heterocycles. The van der Waals surface area contributed by atoms with E-state index in [0.717, 1.165) is 5.57 Å². The molecule has 1 rings (SSSR count). The Bertz CT molecular complexity index is 372. The topological polar surface area (TPSA) is 69.2 Å². The summed E-state index contributed by atoms with van der Waals surface area (Å²) < 4.78 is 0. The van der Waals surface area contributed by atoms with Crippen LogP contribution in [0.3, 0.4) is 0 Å². The van der Waals surface area contributed by atoms with Gasteiger partial charge in [0, 0.05) is 23.4 Å². The molecule has 13 heavy (non-hydrogen) atoms. The lowest BCUT2D eigenvalue weighted by Crippen LogP contribution is -1.94. The number of nitrogens with two attached hydrogens (primary N) is 1. The predicted octanol–water partition coefficient (Wildman–Crippen LogP) is 2.21. The van der Waals surface area contributed by atoms with Gasteiger partial charge < -0.3 is 5.73 Å². The number of nitrogen functional groups attached to an aromatic ring is 1. The van der Waals surface area contributed by atoms with E-state index in [4.69, 9.17) is 5.73 Å². The van der Waals surface area contributed by atoms with Crippen LogP contribution in [0.15, 0.2) is 24.8 Å². The molecule has 0 aliphatic rings. The van der Waals surface area contributed by atoms with E-state index in [9.17, 15) is 10.1 Å². The SMILES string of the molecule is C=C(C)c1cc([N+](=O)[O-])ccc1N. The highest BCUT2D eigenvalue weighted by molar-refractivity contribution is 5.74. The molecule has 0 unspecified atom stereocenters. The third-order valence-electron chi connectivity index (χ3n) is 1.71. The first-order valence-corrected chi connectivity index (χ1v) is 3.72. The summed E-state index contributed by atoms with van der Waals surface area (Å²) in [5.41, 5.74) is 7.51. The maximum atomic E-state index is 10.4. The fraction of sp³-hybridized carbons (Fsp3) is 0.111. The van der Waals surface area contributed by atoms with Gasteiger partial charge in [0.1, 0.15) is 0 Å². The first-order chi connectivity index (χ1) is 6.02. The smallest absolute Gasteiger partial charge is 0.270 e. The Morgan fingerprint density at radius 2 is 2.23 bits per heavy atom. The molecule has 0 bridgehead atoms. The molecular weight excluding hydrogens is 168 g/mol. The molecule has 4 heteroatoms. The molecule has 4 nitrogen and oxygen atoms in total. The van der Waals surface area contributed by atoms with Crippen LogP contribution in [0, 0.1) is 10.1 Å². The number of rotatable bonds is 2. The maximum Gasteiger partial charge on any atom is 0.270 e. The average molecular weight is 178 g/mol. The normalized spacial score (nSPS) is 9.62. The van der Waals surface area contributed by atoms with Crippen molar-refractivity contribution in [2.45, 2.75) is 6.92 Å². The van der Waals surface area contributed by atoms with E-state index < -0.39 is 4.92 Å². The number of hydrogen-bond acceptors (Lipinski definition) is 3. The number of allylic oxidation sites excluding steroid dienone is 1. The van der Waals surface area contributed by atoms with Gasteiger partial charge in [-0.1, -0.05) is 6.58 Å². The minimum absolute atomic E-state index is 0.0344. The average Bonchev–Trinajstić information content (AvgIpc) is 2.04. The monoisotopic (exact) mass is 178 g/mol. The van der Waals surface area contributed by atoms with Crippen molar-refractivity contribution < 1.29 is 4.92 Å². The van der Waals surface area contributed by atoms with E-state index in [1.54, 1.807) is 6.92 Å². The van der Waals surface area contributed by atoms with Crippen molar-refractivity contribution in [3.8, 4) is 0 Å². The third kappa shape index (κ3) is 1.84. The van der Waals surface area contributed by atoms with Gasteiger partial charge in [0.2, 0.25) is 0 Å². The van der Waals surface area contributed by atoms with Crippen LogP contribution in [0.1, 0.15) is 12.5 Å². The maximum absolute atomic E-state index is 10.4. The Morgan fingerprint density at radius 1 is 1.62 bits per heavy atom. The fourth-order valence-electron chi connectivity index (χ4n) is 1.03. The quantitative estimate of drug-likeness (QED) is 0.428. The lowest BCUT2D eigenvalue weighted by Gasteiger charge is -2.03. The van der Waals surface area contributed by atoms with Gasteiger partial charge in [-0.25, -0.2) is 0 Å². The standard InChI is InChI=1S/C9H10N2O2/c1-6(2)8-5-7(11(12)13)3-4-9(8)10/h3-5H,1,10H2,2H3. The van der Waals surface area contributed by atoms with Gasteiger partial charge in [-0.15, -0.1) is 0 Å². The molecule has 0 amide bonds. The molecule has 1 aromatic rings. The minimum atomic E-state index is -0.453. The van der Waals surface area contributed by atoms with Crippen molar-refractivity contribution in [3.05, 3.63) is 40.5 Å². The highest BCUT2D eigenvalue weighted by Crippen LogP contribution is 2.24. The first-order valence-electron chi connectivity index (χ1n) is 3.72. The van der Waals surface area contributed by atoms with Gasteiger partial charge in [0.25, 0.3) is 5.69 Å². The summed E-state index contributed by atoms with van der Waals surface area (Å²) in [6.45, 7) is 5.44. The zero-order valence-electron chi connectivity index (χ0n) is 7.28. The Hall–Kier alpha value is -1.84. The Labute approximate surface area is 75.8 Å². The molecular formula is C9H10N2O2. The van der Waals surface area contributed by atoms with Crippen LogP contribution in [0.5, 0.6) is 0 Å².